The Bertz CT molecular complexity index is 924. The summed E-state index contributed by atoms with van der Waals surface area (Å²) >= 11 is 0. The summed E-state index contributed by atoms with van der Waals surface area (Å²) in [7, 11) is 0. The Hall–Kier alpha value is -1.40. The van der Waals surface area contributed by atoms with Crippen LogP contribution in [-0.2, 0) is 14.3 Å². The molecule has 3 atom stereocenters. The van der Waals surface area contributed by atoms with Crippen molar-refractivity contribution in [2.24, 2.45) is 0 Å². The number of rotatable bonds is 50. The van der Waals surface area contributed by atoms with Crippen LogP contribution in [0.5, 0.6) is 0 Å². The van der Waals surface area contributed by atoms with Crippen LogP contribution in [0.15, 0.2) is 12.2 Å². The van der Waals surface area contributed by atoms with Gasteiger partial charge in [0.25, 0.3) is 0 Å². The molecule has 362 valence electrons. The summed E-state index contributed by atoms with van der Waals surface area (Å²) in [6.07, 6.45) is 55.6. The predicted octanol–water partition coefficient (Wildman–Crippen LogP) is 16.5. The first-order chi connectivity index (χ1) is 30.0. The van der Waals surface area contributed by atoms with Gasteiger partial charge in [0.1, 0.15) is 6.10 Å². The summed E-state index contributed by atoms with van der Waals surface area (Å²) in [6.45, 7) is 6.50. The van der Waals surface area contributed by atoms with Gasteiger partial charge >= 0.3 is 5.97 Å². The Balaban J connectivity index is 4.51. The lowest BCUT2D eigenvalue weighted by Gasteiger charge is -2.24. The highest BCUT2D eigenvalue weighted by Crippen LogP contribution is 2.19. The first-order valence-electron chi connectivity index (χ1n) is 27.4. The number of hydrogen-bond donors (Lipinski definition) is 3. The van der Waals surface area contributed by atoms with E-state index in [0.29, 0.717) is 19.3 Å². The van der Waals surface area contributed by atoms with E-state index in [0.717, 1.165) is 57.8 Å². The summed E-state index contributed by atoms with van der Waals surface area (Å²) < 4.78 is 5.95. The van der Waals surface area contributed by atoms with Crippen molar-refractivity contribution in [2.75, 3.05) is 6.61 Å². The highest BCUT2D eigenvalue weighted by molar-refractivity contribution is 5.77. The Morgan fingerprint density at radius 2 is 0.787 bits per heavy atom. The number of carbonyl (C=O) groups excluding carboxylic acids is 2. The highest BCUT2D eigenvalue weighted by atomic mass is 16.5. The van der Waals surface area contributed by atoms with Crippen molar-refractivity contribution < 1.29 is 24.5 Å². The third kappa shape index (κ3) is 45.0. The highest BCUT2D eigenvalue weighted by Gasteiger charge is 2.24. The molecule has 1 amide bonds. The lowest BCUT2D eigenvalue weighted by Crippen LogP contribution is -2.46. The van der Waals surface area contributed by atoms with Crippen molar-refractivity contribution in [3.63, 3.8) is 0 Å². The molecule has 0 radical (unpaired) electrons. The molecule has 0 rings (SSSR count). The van der Waals surface area contributed by atoms with E-state index in [9.17, 15) is 19.8 Å². The van der Waals surface area contributed by atoms with E-state index < -0.39 is 18.2 Å². The molecule has 0 spiro atoms. The van der Waals surface area contributed by atoms with Crippen LogP contribution in [0.3, 0.4) is 0 Å². The molecular weight excluding hydrogens is 755 g/mol. The first-order valence-corrected chi connectivity index (χ1v) is 27.4. The van der Waals surface area contributed by atoms with Crippen molar-refractivity contribution in [3.05, 3.63) is 12.2 Å². The van der Waals surface area contributed by atoms with Gasteiger partial charge < -0.3 is 20.3 Å². The average Bonchev–Trinajstić information content (AvgIpc) is 3.25. The lowest BCUT2D eigenvalue weighted by atomic mass is 10.0. The maximum absolute atomic E-state index is 13.2. The van der Waals surface area contributed by atoms with Crippen LogP contribution in [0.4, 0.5) is 0 Å². The zero-order valence-corrected chi connectivity index (χ0v) is 41.3. The number of nitrogens with one attached hydrogen (secondary N) is 1. The molecule has 6 nitrogen and oxygen atoms in total. The smallest absolute Gasteiger partial charge is 0.306 e. The number of ether oxygens (including phenoxy) is 1. The molecule has 3 unspecified atom stereocenters. The summed E-state index contributed by atoms with van der Waals surface area (Å²) in [5.41, 5.74) is 0. The largest absolute Gasteiger partial charge is 0.462 e. The van der Waals surface area contributed by atoms with Gasteiger partial charge in [0.15, 0.2) is 0 Å². The predicted molar refractivity (Wildman–Crippen MR) is 264 cm³/mol. The fraction of sp³-hybridized carbons (Fsp3) is 0.927. The van der Waals surface area contributed by atoms with E-state index in [1.54, 1.807) is 0 Å². The fourth-order valence-electron chi connectivity index (χ4n) is 8.66. The summed E-state index contributed by atoms with van der Waals surface area (Å²) in [5, 5.41) is 23.8. The van der Waals surface area contributed by atoms with Crippen molar-refractivity contribution in [1.29, 1.82) is 0 Å². The monoisotopic (exact) mass is 862 g/mol. The SMILES string of the molecule is CCCCCC/C=C\CCCCCCCC(CC(=O)NC(CO)C(O)CCCCCCCCCCCCCCC)OC(=O)CCCCCCCCCCCCCCCCCC. The number of aliphatic hydroxyl groups excluding tert-OH is 2. The molecule has 0 aliphatic heterocycles. The first kappa shape index (κ1) is 59.6. The topological polar surface area (TPSA) is 95.9 Å². The molecule has 6 heteroatoms. The van der Waals surface area contributed by atoms with E-state index in [4.69, 9.17) is 4.74 Å². The molecule has 0 heterocycles. The van der Waals surface area contributed by atoms with Crippen LogP contribution in [0.1, 0.15) is 303 Å². The Morgan fingerprint density at radius 1 is 0.459 bits per heavy atom. The van der Waals surface area contributed by atoms with Gasteiger partial charge in [0.2, 0.25) is 5.91 Å². The van der Waals surface area contributed by atoms with Gasteiger partial charge in [-0.15, -0.1) is 0 Å². The van der Waals surface area contributed by atoms with Crippen LogP contribution in [-0.4, -0.2) is 46.9 Å². The molecule has 0 aliphatic rings. The molecule has 3 N–H and O–H groups in total. The number of allylic oxidation sites excluding steroid dienone is 2. The molecule has 61 heavy (non-hydrogen) atoms. The Morgan fingerprint density at radius 3 is 1.18 bits per heavy atom. The third-order valence-electron chi connectivity index (χ3n) is 12.8. The fourth-order valence-corrected chi connectivity index (χ4v) is 8.66. The standard InChI is InChI=1S/C55H107NO5/c1-4-7-10-13-16-19-22-25-26-27-30-33-36-39-42-45-48-55(60)61-51(46-43-40-37-34-31-28-23-20-17-14-11-8-5-2)49-54(59)56-52(50-57)53(58)47-44-41-38-35-32-29-24-21-18-15-12-9-6-3/h20,23,51-53,57-58H,4-19,21-22,24-50H2,1-3H3,(H,56,59)/b23-20-. The van der Waals surface area contributed by atoms with Crippen molar-refractivity contribution in [3.8, 4) is 0 Å². The average molecular weight is 862 g/mol. The molecule has 0 aromatic rings. The molecule has 0 aromatic heterocycles. The van der Waals surface area contributed by atoms with E-state index in [1.807, 2.05) is 0 Å². The summed E-state index contributed by atoms with van der Waals surface area (Å²) in [5.74, 6) is -0.462. The van der Waals surface area contributed by atoms with Crippen molar-refractivity contribution >= 4 is 11.9 Å². The van der Waals surface area contributed by atoms with Gasteiger partial charge in [0.05, 0.1) is 25.2 Å². The maximum atomic E-state index is 13.2. The second kappa shape index (κ2) is 49.6. The summed E-state index contributed by atoms with van der Waals surface area (Å²) in [6, 6.07) is -0.698. The molecule has 0 aromatic carbocycles. The zero-order chi connectivity index (χ0) is 44.5. The van der Waals surface area contributed by atoms with E-state index in [1.165, 1.54) is 199 Å². The van der Waals surface area contributed by atoms with E-state index in [-0.39, 0.29) is 24.9 Å². The van der Waals surface area contributed by atoms with Crippen molar-refractivity contribution in [1.82, 2.24) is 5.32 Å². The maximum Gasteiger partial charge on any atom is 0.306 e. The van der Waals surface area contributed by atoms with Gasteiger partial charge in [-0.1, -0.05) is 251 Å². The minimum Gasteiger partial charge on any atom is -0.462 e. The minimum atomic E-state index is -0.784. The molecule has 0 saturated heterocycles. The number of unbranched alkanes of at least 4 members (excludes halogenated alkanes) is 36. The number of carbonyl (C=O) groups is 2. The van der Waals surface area contributed by atoms with Crippen LogP contribution >= 0.6 is 0 Å². The Kier molecular flexibility index (Phi) is 48.5. The van der Waals surface area contributed by atoms with E-state index >= 15 is 0 Å². The molecular formula is C55H107NO5. The molecule has 0 fully saturated rings. The molecule has 0 saturated carbocycles. The third-order valence-corrected chi connectivity index (χ3v) is 12.8. The Labute approximate surface area is 380 Å². The van der Waals surface area contributed by atoms with Crippen LogP contribution in [0.25, 0.3) is 0 Å². The number of amides is 1. The normalized spacial score (nSPS) is 13.2. The van der Waals surface area contributed by atoms with Crippen LogP contribution in [0, 0.1) is 0 Å². The van der Waals surface area contributed by atoms with Gasteiger partial charge in [-0.05, 0) is 51.4 Å². The van der Waals surface area contributed by atoms with Crippen LogP contribution in [0.2, 0.25) is 0 Å². The number of hydrogen-bond acceptors (Lipinski definition) is 5. The van der Waals surface area contributed by atoms with Gasteiger partial charge in [-0.3, -0.25) is 9.59 Å². The zero-order valence-electron chi connectivity index (χ0n) is 41.3. The van der Waals surface area contributed by atoms with Gasteiger partial charge in [-0.25, -0.2) is 0 Å². The molecule has 0 aliphatic carbocycles. The number of aliphatic hydroxyl groups is 2. The minimum absolute atomic E-state index is 0.0791. The quantitative estimate of drug-likeness (QED) is 0.0322. The van der Waals surface area contributed by atoms with Crippen molar-refractivity contribution in [2.45, 2.75) is 322 Å². The van der Waals surface area contributed by atoms with Crippen LogP contribution < -0.4 is 5.32 Å². The summed E-state index contributed by atoms with van der Waals surface area (Å²) in [4.78, 5) is 26.2. The number of esters is 1. The second-order valence-electron chi connectivity index (χ2n) is 19.0. The lowest BCUT2D eigenvalue weighted by molar-refractivity contribution is -0.151. The van der Waals surface area contributed by atoms with E-state index in [2.05, 4.69) is 38.2 Å². The second-order valence-corrected chi connectivity index (χ2v) is 19.0. The molecule has 0 bridgehead atoms. The van der Waals surface area contributed by atoms with Gasteiger partial charge in [-0.2, -0.15) is 0 Å². The van der Waals surface area contributed by atoms with Gasteiger partial charge in [0, 0.05) is 6.42 Å².